The van der Waals surface area contributed by atoms with Gasteiger partial charge in [-0.3, -0.25) is 0 Å². The topological polar surface area (TPSA) is 13.1 Å². The molecule has 1 nitrogen and oxygen atoms in total. The van der Waals surface area contributed by atoms with Gasteiger partial charge in [-0.2, -0.15) is 0 Å². The highest BCUT2D eigenvalue weighted by molar-refractivity contribution is 6.25. The molecule has 9 rings (SSSR count). The lowest BCUT2D eigenvalue weighted by molar-refractivity contribution is 0.669. The molecule has 0 bridgehead atoms. The number of furan rings is 1. The first-order chi connectivity index (χ1) is 28.6. The van der Waals surface area contributed by atoms with Crippen LogP contribution in [0.25, 0.3) is 88.0 Å². The van der Waals surface area contributed by atoms with Crippen LogP contribution in [-0.2, 0) is 0 Å². The summed E-state index contributed by atoms with van der Waals surface area (Å²) in [5.74, 6) is 0. The minimum Gasteiger partial charge on any atom is -0.456 e. The fourth-order valence-electron chi connectivity index (χ4n) is 6.02. The summed E-state index contributed by atoms with van der Waals surface area (Å²) in [7, 11) is 0. The fraction of sp³-hybridized carbons (Fsp3) is 0. The van der Waals surface area contributed by atoms with Crippen LogP contribution in [0, 0.1) is 0 Å². The van der Waals surface area contributed by atoms with Gasteiger partial charge in [0.1, 0.15) is 11.2 Å². The van der Waals surface area contributed by atoms with Crippen molar-refractivity contribution in [2.45, 2.75) is 0 Å². The molecule has 0 amide bonds. The van der Waals surface area contributed by atoms with Crippen molar-refractivity contribution < 1.29 is 25.0 Å². The van der Waals surface area contributed by atoms with Crippen molar-refractivity contribution in [3.63, 3.8) is 0 Å². The summed E-state index contributed by atoms with van der Waals surface area (Å²) < 4.78 is 140. The van der Waals surface area contributed by atoms with Gasteiger partial charge in [0.15, 0.2) is 0 Å². The van der Waals surface area contributed by atoms with Crippen LogP contribution in [0.3, 0.4) is 0 Å². The quantitative estimate of drug-likeness (QED) is 0.187. The monoisotopic (exact) mass is 587 g/mol. The average Bonchev–Trinajstić information content (AvgIpc) is 3.66. The van der Waals surface area contributed by atoms with Gasteiger partial charge in [0.25, 0.3) is 0 Å². The first-order valence-corrected chi connectivity index (χ1v) is 14.2. The molecular formula is C44H28O. The number of hydrogen-bond acceptors (Lipinski definition) is 1. The van der Waals surface area contributed by atoms with Crippen molar-refractivity contribution in [1.29, 1.82) is 0 Å². The van der Waals surface area contributed by atoms with Crippen LogP contribution in [0.4, 0.5) is 0 Å². The van der Waals surface area contributed by atoms with E-state index in [0.717, 1.165) is 0 Å². The van der Waals surface area contributed by atoms with Crippen LogP contribution in [0.1, 0.15) is 20.6 Å². The molecule has 45 heavy (non-hydrogen) atoms. The summed E-state index contributed by atoms with van der Waals surface area (Å²) in [6, 6.07) is 14.6. The molecular weight excluding hydrogens is 544 g/mol. The third-order valence-electron chi connectivity index (χ3n) is 7.94. The maximum atomic E-state index is 9.56. The Bertz CT molecular complexity index is 3290. The molecule has 0 aliphatic rings. The maximum Gasteiger partial charge on any atom is 0.136 e. The summed E-state index contributed by atoms with van der Waals surface area (Å²) in [4.78, 5) is 0. The normalized spacial score (nSPS) is 16.2. The van der Waals surface area contributed by atoms with Crippen LogP contribution in [0.5, 0.6) is 0 Å². The van der Waals surface area contributed by atoms with E-state index >= 15 is 0 Å². The van der Waals surface area contributed by atoms with Crippen molar-refractivity contribution in [1.82, 2.24) is 0 Å². The summed E-state index contributed by atoms with van der Waals surface area (Å²) in [5.41, 5.74) is 0.0838. The van der Waals surface area contributed by atoms with Gasteiger partial charge in [-0.15, -0.1) is 0 Å². The largest absolute Gasteiger partial charge is 0.456 e. The third-order valence-corrected chi connectivity index (χ3v) is 7.94. The molecule has 0 N–H and O–H groups in total. The van der Waals surface area contributed by atoms with Crippen molar-refractivity contribution in [2.75, 3.05) is 0 Å². The number of hydrogen-bond donors (Lipinski definition) is 0. The number of fused-ring (bicyclic) bond motifs is 5. The van der Waals surface area contributed by atoms with E-state index in [9.17, 15) is 6.85 Å². The van der Waals surface area contributed by atoms with Gasteiger partial charge in [0.05, 0.1) is 20.6 Å². The van der Waals surface area contributed by atoms with E-state index < -0.39 is 77.6 Å². The van der Waals surface area contributed by atoms with Crippen molar-refractivity contribution in [3.05, 3.63) is 169 Å². The molecule has 0 radical (unpaired) electrons. The second-order valence-electron chi connectivity index (χ2n) is 10.5. The smallest absolute Gasteiger partial charge is 0.136 e. The lowest BCUT2D eigenvalue weighted by atomic mass is 9.84. The standard InChI is InChI=1S/C44H28O/c1-3-13-29(14-4-1)31-17-11-18-33(27-31)42-34-19-7-9-21-36(34)43(37-22-10-8-20-35(37)42)39-23-12-24-40-44(39)38-26-25-32(28-41(38)45-40)30-15-5-2-6-16-30/h1-28H/i1D,3D,4D,11D,12D,13D,14D,17D,18D,23D,24D,25D,26D,27D,28D. The van der Waals surface area contributed by atoms with Gasteiger partial charge < -0.3 is 4.42 Å². The second-order valence-corrected chi connectivity index (χ2v) is 10.5. The molecule has 0 saturated carbocycles. The van der Waals surface area contributed by atoms with E-state index in [1.165, 1.54) is 0 Å². The molecule has 0 unspecified atom stereocenters. The van der Waals surface area contributed by atoms with E-state index in [2.05, 4.69) is 0 Å². The Morgan fingerprint density at radius 1 is 0.378 bits per heavy atom. The Hall–Kier alpha value is -5.92. The van der Waals surface area contributed by atoms with E-state index in [1.54, 1.807) is 78.9 Å². The van der Waals surface area contributed by atoms with Gasteiger partial charge in [-0.05, 0) is 90.2 Å². The number of benzene rings is 8. The van der Waals surface area contributed by atoms with Crippen LogP contribution >= 0.6 is 0 Å². The first-order valence-electron chi connectivity index (χ1n) is 21.7. The fourth-order valence-corrected chi connectivity index (χ4v) is 6.02. The van der Waals surface area contributed by atoms with E-state index in [0.29, 0.717) is 32.7 Å². The number of rotatable bonds is 4. The SMILES string of the molecule is [2H]c1c([2H])c([2H])c(-c2c([2H])c([2H])c([2H])c(-c3c4ccccc4c(-c4c([2H])c([2H])c([2H])c5oc6c([2H])c(-c7ccccc7)c([2H])c([2H])c6c45)c4ccccc34)c2[2H])c([2H])c1[2H]. The Balaban J connectivity index is 1.46. The first kappa shape index (κ1) is 14.7. The van der Waals surface area contributed by atoms with Crippen LogP contribution in [0.2, 0.25) is 0 Å². The Morgan fingerprint density at radius 3 is 1.71 bits per heavy atom. The predicted octanol–water partition coefficient (Wildman–Crippen LogP) is 12.6. The molecule has 1 heterocycles. The van der Waals surface area contributed by atoms with E-state index in [-0.39, 0.29) is 68.4 Å². The van der Waals surface area contributed by atoms with Gasteiger partial charge in [-0.25, -0.2) is 0 Å². The maximum absolute atomic E-state index is 9.56. The predicted molar refractivity (Wildman–Crippen MR) is 190 cm³/mol. The summed E-state index contributed by atoms with van der Waals surface area (Å²) in [6.07, 6.45) is 0. The van der Waals surface area contributed by atoms with Crippen molar-refractivity contribution >= 4 is 43.5 Å². The zero-order chi connectivity index (χ0) is 42.8. The highest BCUT2D eigenvalue weighted by atomic mass is 16.3. The van der Waals surface area contributed by atoms with Crippen molar-refractivity contribution in [3.8, 4) is 44.5 Å². The van der Waals surface area contributed by atoms with E-state index in [4.69, 9.17) is 18.1 Å². The van der Waals surface area contributed by atoms with Crippen LogP contribution < -0.4 is 0 Å². The zero-order valence-corrected chi connectivity index (χ0v) is 23.4. The molecule has 0 spiro atoms. The highest BCUT2D eigenvalue weighted by Gasteiger charge is 2.20. The van der Waals surface area contributed by atoms with Gasteiger partial charge in [0.2, 0.25) is 0 Å². The lowest BCUT2D eigenvalue weighted by Crippen LogP contribution is -1.91. The molecule has 0 atom stereocenters. The lowest BCUT2D eigenvalue weighted by Gasteiger charge is -2.18. The van der Waals surface area contributed by atoms with Gasteiger partial charge in [0, 0.05) is 10.8 Å². The molecule has 210 valence electrons. The molecule has 0 aliphatic heterocycles. The van der Waals surface area contributed by atoms with Gasteiger partial charge >= 0.3 is 0 Å². The third kappa shape index (κ3) is 4.17. The summed E-state index contributed by atoms with van der Waals surface area (Å²) in [5, 5.41) is 1.72. The highest BCUT2D eigenvalue weighted by Crippen LogP contribution is 2.47. The minimum atomic E-state index is -0.688. The molecule has 0 aliphatic carbocycles. The summed E-state index contributed by atoms with van der Waals surface area (Å²) >= 11 is 0. The zero-order valence-electron chi connectivity index (χ0n) is 38.4. The average molecular weight is 588 g/mol. The second kappa shape index (κ2) is 10.4. The molecule has 1 heteroatoms. The Kier molecular flexibility index (Phi) is 3.39. The molecule has 1 aromatic heterocycles. The molecule has 9 aromatic rings. The van der Waals surface area contributed by atoms with Crippen molar-refractivity contribution in [2.24, 2.45) is 0 Å². The Labute approximate surface area is 282 Å². The van der Waals surface area contributed by atoms with Crippen LogP contribution in [-0.4, -0.2) is 0 Å². The summed E-state index contributed by atoms with van der Waals surface area (Å²) in [6.45, 7) is 0. The van der Waals surface area contributed by atoms with E-state index in [1.807, 2.05) is 0 Å². The molecule has 8 aromatic carbocycles. The molecule has 0 saturated heterocycles. The van der Waals surface area contributed by atoms with Gasteiger partial charge in [-0.1, -0.05) is 145 Å². The van der Waals surface area contributed by atoms with Crippen LogP contribution in [0.15, 0.2) is 174 Å². The minimum absolute atomic E-state index is 0.0175. The Morgan fingerprint density at radius 2 is 0.978 bits per heavy atom. The molecule has 0 fully saturated rings.